The summed E-state index contributed by atoms with van der Waals surface area (Å²) in [7, 11) is 3.27. The lowest BCUT2D eigenvalue weighted by Crippen LogP contribution is -2.24. The second-order valence-electron chi connectivity index (χ2n) is 5.66. The number of benzene rings is 2. The molecule has 1 aliphatic rings. The van der Waals surface area contributed by atoms with E-state index < -0.39 is 0 Å². The molecule has 25 heavy (non-hydrogen) atoms. The van der Waals surface area contributed by atoms with Crippen molar-refractivity contribution in [2.24, 2.45) is 4.99 Å². The number of aliphatic imine (C=N–C) groups is 1. The summed E-state index contributed by atoms with van der Waals surface area (Å²) < 4.78 is 10.3. The predicted octanol–water partition coefficient (Wildman–Crippen LogP) is 3.21. The number of aryl methyl sites for hydroxylation is 1. The number of hydrogen-bond donors (Lipinski definition) is 1. The normalized spacial score (nSPS) is 15.0. The molecule has 128 valence electrons. The molecule has 0 aromatic heterocycles. The van der Waals surface area contributed by atoms with Crippen LogP contribution in [0.4, 0.5) is 0 Å². The van der Waals surface area contributed by atoms with Crippen LogP contribution in [0.1, 0.15) is 17.5 Å². The van der Waals surface area contributed by atoms with Crippen molar-refractivity contribution in [3.05, 3.63) is 65.4 Å². The summed E-state index contributed by atoms with van der Waals surface area (Å²) in [5.41, 5.74) is 2.51. The SMILES string of the molecule is COc1ccc(/C=C2/N=C(CCc3ccc(OC)cc3)NC2=O)cc1. The number of rotatable bonds is 6. The van der Waals surface area contributed by atoms with Crippen molar-refractivity contribution in [2.75, 3.05) is 14.2 Å². The second kappa shape index (κ2) is 7.66. The third-order valence-electron chi connectivity index (χ3n) is 3.97. The van der Waals surface area contributed by atoms with Crippen LogP contribution in [-0.4, -0.2) is 26.0 Å². The molecule has 0 saturated heterocycles. The van der Waals surface area contributed by atoms with Crippen LogP contribution in [0.5, 0.6) is 11.5 Å². The van der Waals surface area contributed by atoms with E-state index in [4.69, 9.17) is 9.47 Å². The summed E-state index contributed by atoms with van der Waals surface area (Å²) in [6.07, 6.45) is 3.26. The van der Waals surface area contributed by atoms with E-state index in [2.05, 4.69) is 10.3 Å². The first-order chi connectivity index (χ1) is 12.2. The van der Waals surface area contributed by atoms with Crippen molar-refractivity contribution in [3.63, 3.8) is 0 Å². The number of amides is 1. The zero-order valence-corrected chi connectivity index (χ0v) is 14.3. The molecule has 0 aliphatic carbocycles. The number of amidine groups is 1. The van der Waals surface area contributed by atoms with E-state index >= 15 is 0 Å². The highest BCUT2D eigenvalue weighted by Crippen LogP contribution is 2.18. The van der Waals surface area contributed by atoms with Gasteiger partial charge in [-0.15, -0.1) is 0 Å². The minimum atomic E-state index is -0.166. The van der Waals surface area contributed by atoms with Crippen molar-refractivity contribution >= 4 is 17.8 Å². The van der Waals surface area contributed by atoms with E-state index in [1.807, 2.05) is 48.5 Å². The highest BCUT2D eigenvalue weighted by atomic mass is 16.5. The third-order valence-corrected chi connectivity index (χ3v) is 3.97. The van der Waals surface area contributed by atoms with E-state index in [-0.39, 0.29) is 5.91 Å². The van der Waals surface area contributed by atoms with Crippen molar-refractivity contribution in [3.8, 4) is 11.5 Å². The fraction of sp³-hybridized carbons (Fsp3) is 0.200. The minimum Gasteiger partial charge on any atom is -0.497 e. The lowest BCUT2D eigenvalue weighted by atomic mass is 10.1. The Balaban J connectivity index is 1.65. The molecule has 0 atom stereocenters. The van der Waals surface area contributed by atoms with Gasteiger partial charge >= 0.3 is 0 Å². The standard InChI is InChI=1S/C20H20N2O3/c1-24-16-8-3-14(4-9-16)7-12-19-21-18(20(23)22-19)13-15-5-10-17(25-2)11-6-15/h3-6,8-11,13H,7,12H2,1-2H3,(H,21,22,23)/b18-13+. The smallest absolute Gasteiger partial charge is 0.275 e. The average Bonchev–Trinajstić information content (AvgIpc) is 3.00. The van der Waals surface area contributed by atoms with Gasteiger partial charge in [0.15, 0.2) is 0 Å². The molecule has 2 aromatic carbocycles. The van der Waals surface area contributed by atoms with Crippen LogP contribution in [0, 0.1) is 0 Å². The molecule has 0 fully saturated rings. The van der Waals surface area contributed by atoms with Crippen LogP contribution >= 0.6 is 0 Å². The molecule has 2 aromatic rings. The Morgan fingerprint density at radius 2 is 1.52 bits per heavy atom. The number of ether oxygens (including phenoxy) is 2. The van der Waals surface area contributed by atoms with Crippen LogP contribution in [0.15, 0.2) is 59.2 Å². The predicted molar refractivity (Wildman–Crippen MR) is 97.9 cm³/mol. The van der Waals surface area contributed by atoms with Crippen LogP contribution < -0.4 is 14.8 Å². The van der Waals surface area contributed by atoms with Gasteiger partial charge in [-0.25, -0.2) is 4.99 Å². The van der Waals surface area contributed by atoms with Crippen molar-refractivity contribution < 1.29 is 14.3 Å². The van der Waals surface area contributed by atoms with Gasteiger partial charge in [0, 0.05) is 6.42 Å². The van der Waals surface area contributed by atoms with Gasteiger partial charge in [-0.1, -0.05) is 24.3 Å². The lowest BCUT2D eigenvalue weighted by Gasteiger charge is -2.03. The molecule has 0 unspecified atom stereocenters. The Bertz CT molecular complexity index is 806. The maximum absolute atomic E-state index is 12.1. The van der Waals surface area contributed by atoms with Crippen LogP contribution in [0.2, 0.25) is 0 Å². The van der Waals surface area contributed by atoms with Gasteiger partial charge in [0.25, 0.3) is 5.91 Å². The topological polar surface area (TPSA) is 59.9 Å². The Labute approximate surface area is 147 Å². The molecule has 0 spiro atoms. The van der Waals surface area contributed by atoms with E-state index in [0.717, 1.165) is 23.5 Å². The quantitative estimate of drug-likeness (QED) is 0.824. The summed E-state index contributed by atoms with van der Waals surface area (Å²) in [4.78, 5) is 16.5. The number of nitrogens with zero attached hydrogens (tertiary/aromatic N) is 1. The van der Waals surface area contributed by atoms with Gasteiger partial charge in [-0.3, -0.25) is 4.79 Å². The Morgan fingerprint density at radius 3 is 2.12 bits per heavy atom. The van der Waals surface area contributed by atoms with Gasteiger partial charge < -0.3 is 14.8 Å². The minimum absolute atomic E-state index is 0.166. The number of hydrogen-bond acceptors (Lipinski definition) is 4. The summed E-state index contributed by atoms with van der Waals surface area (Å²) in [6.45, 7) is 0. The molecule has 0 bridgehead atoms. The van der Waals surface area contributed by atoms with Crippen LogP contribution in [0.3, 0.4) is 0 Å². The zero-order valence-electron chi connectivity index (χ0n) is 14.3. The maximum atomic E-state index is 12.1. The Kier molecular flexibility index (Phi) is 5.14. The van der Waals surface area contributed by atoms with Gasteiger partial charge in [0.1, 0.15) is 23.0 Å². The van der Waals surface area contributed by atoms with Gasteiger partial charge in [-0.2, -0.15) is 0 Å². The summed E-state index contributed by atoms with van der Waals surface area (Å²) in [5.74, 6) is 2.14. The summed E-state index contributed by atoms with van der Waals surface area (Å²) in [6, 6.07) is 15.4. The number of methoxy groups -OCH3 is 2. The van der Waals surface area contributed by atoms with Crippen LogP contribution in [-0.2, 0) is 11.2 Å². The van der Waals surface area contributed by atoms with E-state index in [9.17, 15) is 4.79 Å². The third kappa shape index (κ3) is 4.26. The molecule has 1 heterocycles. The Morgan fingerprint density at radius 1 is 0.920 bits per heavy atom. The average molecular weight is 336 g/mol. The first-order valence-electron chi connectivity index (χ1n) is 8.05. The zero-order chi connectivity index (χ0) is 17.6. The number of carbonyl (C=O) groups is 1. The molecule has 1 N–H and O–H groups in total. The molecular formula is C20H20N2O3. The largest absolute Gasteiger partial charge is 0.497 e. The molecule has 0 radical (unpaired) electrons. The fourth-order valence-corrected chi connectivity index (χ4v) is 2.55. The monoisotopic (exact) mass is 336 g/mol. The summed E-state index contributed by atoms with van der Waals surface area (Å²) in [5, 5.41) is 2.83. The highest BCUT2D eigenvalue weighted by Gasteiger charge is 2.19. The Hall–Kier alpha value is -3.08. The van der Waals surface area contributed by atoms with Crippen molar-refractivity contribution in [1.29, 1.82) is 0 Å². The first kappa shape index (κ1) is 16.8. The number of nitrogens with one attached hydrogen (secondary N) is 1. The van der Waals surface area contributed by atoms with Gasteiger partial charge in [0.2, 0.25) is 0 Å². The number of carbonyl (C=O) groups excluding carboxylic acids is 1. The molecule has 1 aliphatic heterocycles. The van der Waals surface area contributed by atoms with Gasteiger partial charge in [0.05, 0.1) is 14.2 Å². The molecule has 3 rings (SSSR count). The maximum Gasteiger partial charge on any atom is 0.275 e. The van der Waals surface area contributed by atoms with E-state index in [1.54, 1.807) is 20.3 Å². The van der Waals surface area contributed by atoms with Gasteiger partial charge in [-0.05, 0) is 47.9 Å². The fourth-order valence-electron chi connectivity index (χ4n) is 2.55. The molecular weight excluding hydrogens is 316 g/mol. The lowest BCUT2D eigenvalue weighted by molar-refractivity contribution is -0.115. The molecule has 1 amide bonds. The van der Waals surface area contributed by atoms with Crippen molar-refractivity contribution in [1.82, 2.24) is 5.32 Å². The van der Waals surface area contributed by atoms with Crippen molar-refractivity contribution in [2.45, 2.75) is 12.8 Å². The van der Waals surface area contributed by atoms with E-state index in [1.165, 1.54) is 5.56 Å². The highest BCUT2D eigenvalue weighted by molar-refractivity contribution is 6.14. The molecule has 0 saturated carbocycles. The molecule has 5 heteroatoms. The second-order valence-corrected chi connectivity index (χ2v) is 5.66. The van der Waals surface area contributed by atoms with E-state index in [0.29, 0.717) is 18.0 Å². The summed E-state index contributed by atoms with van der Waals surface area (Å²) >= 11 is 0. The molecule has 5 nitrogen and oxygen atoms in total. The van der Waals surface area contributed by atoms with Crippen LogP contribution in [0.25, 0.3) is 6.08 Å². The first-order valence-corrected chi connectivity index (χ1v) is 8.05.